The van der Waals surface area contributed by atoms with Gasteiger partial charge >= 0.3 is 5.97 Å². The number of allylic oxidation sites excluding steroid dienone is 4. The Labute approximate surface area is 75.1 Å². The van der Waals surface area contributed by atoms with Gasteiger partial charge in [-0.05, 0) is 6.08 Å². The van der Waals surface area contributed by atoms with E-state index in [2.05, 4.69) is 0 Å². The summed E-state index contributed by atoms with van der Waals surface area (Å²) in [4.78, 5) is 10.2. The SMILES string of the molecule is O=C(O)/C=C/C1C=CC(O)=C(O)C1. The zero-order chi connectivity index (χ0) is 9.84. The fourth-order valence-corrected chi connectivity index (χ4v) is 1.04. The van der Waals surface area contributed by atoms with Crippen LogP contribution >= 0.6 is 0 Å². The van der Waals surface area contributed by atoms with Gasteiger partial charge in [-0.25, -0.2) is 4.79 Å². The van der Waals surface area contributed by atoms with Gasteiger partial charge in [-0.1, -0.05) is 12.2 Å². The van der Waals surface area contributed by atoms with Gasteiger partial charge in [0, 0.05) is 18.4 Å². The number of rotatable bonds is 2. The maximum absolute atomic E-state index is 10.2. The molecule has 0 heterocycles. The van der Waals surface area contributed by atoms with Gasteiger partial charge in [0.2, 0.25) is 0 Å². The average molecular weight is 182 g/mol. The lowest BCUT2D eigenvalue weighted by atomic mass is 9.98. The Morgan fingerprint density at radius 1 is 1.54 bits per heavy atom. The second-order valence-corrected chi connectivity index (χ2v) is 2.76. The molecule has 0 aromatic carbocycles. The standard InChI is InChI=1S/C9H10O4/c10-7-3-1-6(5-8(7)11)2-4-9(12)13/h1-4,6,10-11H,5H2,(H,12,13)/b4-2+. The summed E-state index contributed by atoms with van der Waals surface area (Å²) < 4.78 is 0. The molecule has 1 aliphatic carbocycles. The molecule has 4 nitrogen and oxygen atoms in total. The van der Waals surface area contributed by atoms with E-state index in [-0.39, 0.29) is 23.9 Å². The number of carboxylic acid groups (broad SMARTS) is 1. The van der Waals surface area contributed by atoms with Gasteiger partial charge in [-0.3, -0.25) is 0 Å². The highest BCUT2D eigenvalue weighted by Crippen LogP contribution is 2.21. The van der Waals surface area contributed by atoms with Crippen LogP contribution < -0.4 is 0 Å². The van der Waals surface area contributed by atoms with Crippen LogP contribution in [0.1, 0.15) is 6.42 Å². The minimum absolute atomic E-state index is 0.109. The molecule has 0 fully saturated rings. The highest BCUT2D eigenvalue weighted by atomic mass is 16.4. The molecule has 1 atom stereocenters. The normalized spacial score (nSPS) is 22.6. The van der Waals surface area contributed by atoms with Crippen molar-refractivity contribution in [2.45, 2.75) is 6.42 Å². The average Bonchev–Trinajstić information content (AvgIpc) is 2.07. The van der Waals surface area contributed by atoms with Crippen LogP contribution in [-0.4, -0.2) is 21.3 Å². The van der Waals surface area contributed by atoms with Crippen LogP contribution in [0.15, 0.2) is 35.8 Å². The Balaban J connectivity index is 2.61. The Bertz CT molecular complexity index is 297. The number of hydrogen-bond acceptors (Lipinski definition) is 3. The molecule has 0 spiro atoms. The Kier molecular flexibility index (Phi) is 2.74. The van der Waals surface area contributed by atoms with Gasteiger partial charge < -0.3 is 15.3 Å². The molecular weight excluding hydrogens is 172 g/mol. The third-order valence-electron chi connectivity index (χ3n) is 1.71. The van der Waals surface area contributed by atoms with Crippen molar-refractivity contribution in [3.63, 3.8) is 0 Å². The molecule has 0 aliphatic heterocycles. The second-order valence-electron chi connectivity index (χ2n) is 2.76. The van der Waals surface area contributed by atoms with Crippen molar-refractivity contribution in [1.29, 1.82) is 0 Å². The molecular formula is C9H10O4. The van der Waals surface area contributed by atoms with Crippen molar-refractivity contribution in [3.8, 4) is 0 Å². The number of carboxylic acids is 1. The van der Waals surface area contributed by atoms with E-state index in [1.807, 2.05) is 0 Å². The number of aliphatic hydroxyl groups excluding tert-OH is 2. The summed E-state index contributed by atoms with van der Waals surface area (Å²) in [5.41, 5.74) is 0. The van der Waals surface area contributed by atoms with Crippen molar-refractivity contribution in [1.82, 2.24) is 0 Å². The molecule has 0 bridgehead atoms. The first-order valence-electron chi connectivity index (χ1n) is 3.80. The first-order chi connectivity index (χ1) is 6.09. The van der Waals surface area contributed by atoms with E-state index in [0.29, 0.717) is 0 Å². The molecule has 1 aliphatic rings. The van der Waals surface area contributed by atoms with Gasteiger partial charge in [0.25, 0.3) is 0 Å². The topological polar surface area (TPSA) is 77.8 Å². The maximum atomic E-state index is 10.2. The lowest BCUT2D eigenvalue weighted by molar-refractivity contribution is -0.131. The summed E-state index contributed by atoms with van der Waals surface area (Å²) >= 11 is 0. The molecule has 0 aromatic heterocycles. The van der Waals surface area contributed by atoms with Gasteiger partial charge in [0.05, 0.1) is 0 Å². The number of hydrogen-bond donors (Lipinski definition) is 3. The van der Waals surface area contributed by atoms with E-state index in [1.54, 1.807) is 6.08 Å². The summed E-state index contributed by atoms with van der Waals surface area (Å²) in [5, 5.41) is 26.4. The summed E-state index contributed by atoms with van der Waals surface area (Å²) in [7, 11) is 0. The predicted octanol–water partition coefficient (Wildman–Crippen LogP) is 1.53. The highest BCUT2D eigenvalue weighted by molar-refractivity contribution is 5.79. The molecule has 0 amide bonds. The van der Waals surface area contributed by atoms with Crippen LogP contribution in [0.4, 0.5) is 0 Å². The third-order valence-corrected chi connectivity index (χ3v) is 1.71. The third kappa shape index (κ3) is 2.66. The first-order valence-corrected chi connectivity index (χ1v) is 3.80. The molecule has 4 heteroatoms. The van der Waals surface area contributed by atoms with Crippen molar-refractivity contribution in [2.24, 2.45) is 5.92 Å². The Hall–Kier alpha value is -1.71. The summed E-state index contributed by atoms with van der Waals surface area (Å²) in [5.74, 6) is -1.44. The molecule has 3 N–H and O–H groups in total. The van der Waals surface area contributed by atoms with Crippen molar-refractivity contribution >= 4 is 5.97 Å². The van der Waals surface area contributed by atoms with Crippen LogP contribution in [0.5, 0.6) is 0 Å². The second kappa shape index (κ2) is 3.80. The first kappa shape index (κ1) is 9.38. The smallest absolute Gasteiger partial charge is 0.327 e. The molecule has 13 heavy (non-hydrogen) atoms. The molecule has 1 unspecified atom stereocenters. The van der Waals surface area contributed by atoms with Gasteiger partial charge in [-0.15, -0.1) is 0 Å². The van der Waals surface area contributed by atoms with Crippen LogP contribution in [0.3, 0.4) is 0 Å². The number of aliphatic hydroxyl groups is 2. The minimum Gasteiger partial charge on any atom is -0.508 e. The monoisotopic (exact) mass is 182 g/mol. The van der Waals surface area contributed by atoms with Crippen LogP contribution in [0.2, 0.25) is 0 Å². The van der Waals surface area contributed by atoms with Gasteiger partial charge in [-0.2, -0.15) is 0 Å². The van der Waals surface area contributed by atoms with E-state index >= 15 is 0 Å². The minimum atomic E-state index is -1.02. The lowest BCUT2D eigenvalue weighted by Gasteiger charge is -2.12. The zero-order valence-electron chi connectivity index (χ0n) is 6.84. The lowest BCUT2D eigenvalue weighted by Crippen LogP contribution is -2.03. The quantitative estimate of drug-likeness (QED) is 0.566. The van der Waals surface area contributed by atoms with Gasteiger partial charge in [0.1, 0.15) is 5.76 Å². The Morgan fingerprint density at radius 2 is 2.23 bits per heavy atom. The summed E-state index contributed by atoms with van der Waals surface area (Å²) in [6, 6.07) is 0. The molecule has 1 rings (SSSR count). The molecule has 0 radical (unpaired) electrons. The fourth-order valence-electron chi connectivity index (χ4n) is 1.04. The van der Waals surface area contributed by atoms with E-state index in [4.69, 9.17) is 15.3 Å². The van der Waals surface area contributed by atoms with Gasteiger partial charge in [0.15, 0.2) is 5.76 Å². The Morgan fingerprint density at radius 3 is 2.77 bits per heavy atom. The van der Waals surface area contributed by atoms with E-state index in [0.717, 1.165) is 6.08 Å². The number of aliphatic carboxylic acids is 1. The molecule has 0 saturated heterocycles. The zero-order valence-corrected chi connectivity index (χ0v) is 6.84. The predicted molar refractivity (Wildman–Crippen MR) is 46.3 cm³/mol. The van der Waals surface area contributed by atoms with Crippen LogP contribution in [0, 0.1) is 5.92 Å². The molecule has 0 saturated carbocycles. The van der Waals surface area contributed by atoms with Crippen molar-refractivity contribution in [2.75, 3.05) is 0 Å². The fraction of sp³-hybridized carbons (Fsp3) is 0.222. The van der Waals surface area contributed by atoms with Crippen molar-refractivity contribution < 1.29 is 20.1 Å². The van der Waals surface area contributed by atoms with Crippen molar-refractivity contribution in [3.05, 3.63) is 35.8 Å². The summed E-state index contributed by atoms with van der Waals surface area (Å²) in [6.45, 7) is 0. The highest BCUT2D eigenvalue weighted by Gasteiger charge is 2.12. The van der Waals surface area contributed by atoms with Crippen LogP contribution in [-0.2, 0) is 4.79 Å². The largest absolute Gasteiger partial charge is 0.508 e. The summed E-state index contributed by atoms with van der Waals surface area (Å²) in [6.07, 6.45) is 5.71. The van der Waals surface area contributed by atoms with E-state index in [1.165, 1.54) is 12.2 Å². The number of carbonyl (C=O) groups is 1. The van der Waals surface area contributed by atoms with E-state index < -0.39 is 5.97 Å². The van der Waals surface area contributed by atoms with Crippen LogP contribution in [0.25, 0.3) is 0 Å². The van der Waals surface area contributed by atoms with E-state index in [9.17, 15) is 4.79 Å². The molecule has 70 valence electrons. The maximum Gasteiger partial charge on any atom is 0.327 e. The molecule has 0 aromatic rings.